The van der Waals surface area contributed by atoms with Gasteiger partial charge < -0.3 is 94.1 Å². The van der Waals surface area contributed by atoms with Gasteiger partial charge >= 0.3 is 0 Å². The van der Waals surface area contributed by atoms with Gasteiger partial charge in [-0.15, -0.1) is 0 Å². The molecule has 3 aliphatic rings. The Morgan fingerprint density at radius 1 is 0.731 bits per heavy atom. The van der Waals surface area contributed by atoms with Crippen LogP contribution in [0, 0.1) is 0 Å². The lowest BCUT2D eigenvalue weighted by Crippen LogP contribution is -2.63. The van der Waals surface area contributed by atoms with Crippen molar-refractivity contribution in [3.05, 3.63) is 40.6 Å². The van der Waals surface area contributed by atoms with Crippen molar-refractivity contribution in [2.45, 2.75) is 92.9 Å². The van der Waals surface area contributed by atoms with Crippen molar-refractivity contribution >= 4 is 11.0 Å². The van der Waals surface area contributed by atoms with Crippen molar-refractivity contribution in [1.82, 2.24) is 0 Å². The zero-order valence-corrected chi connectivity index (χ0v) is 27.0. The third-order valence-corrected chi connectivity index (χ3v) is 9.01. The maximum Gasteiger partial charge on any atom is 0.239 e. The van der Waals surface area contributed by atoms with Gasteiger partial charge in [-0.2, -0.15) is 0 Å². The van der Waals surface area contributed by atoms with Gasteiger partial charge in [-0.3, -0.25) is 4.79 Å². The molecule has 0 unspecified atom stereocenters. The number of phenols is 4. The number of aliphatic hydroxyl groups excluding tert-OH is 8. The Morgan fingerprint density at radius 2 is 1.44 bits per heavy atom. The van der Waals surface area contributed by atoms with Crippen LogP contribution in [0.2, 0.25) is 0 Å². The molecule has 0 radical (unpaired) electrons. The number of hydrogen-bond donors (Lipinski definition) is 12. The zero-order valence-electron chi connectivity index (χ0n) is 27.0. The highest BCUT2D eigenvalue weighted by atomic mass is 16.8. The van der Waals surface area contributed by atoms with E-state index in [1.807, 2.05) is 0 Å². The molecule has 0 saturated carbocycles. The molecule has 0 amide bonds. The summed E-state index contributed by atoms with van der Waals surface area (Å²) in [7, 11) is 0. The number of fused-ring (bicyclic) bond motifs is 1. The van der Waals surface area contributed by atoms with Gasteiger partial charge in [0.25, 0.3) is 0 Å². The van der Waals surface area contributed by atoms with Crippen LogP contribution in [0.5, 0.6) is 28.7 Å². The molecule has 1 aromatic heterocycles. The van der Waals surface area contributed by atoms with Gasteiger partial charge in [0.2, 0.25) is 17.5 Å². The maximum absolute atomic E-state index is 13.8. The average Bonchev–Trinajstić information content (AvgIpc) is 3.10. The molecule has 286 valence electrons. The van der Waals surface area contributed by atoms with Crippen molar-refractivity contribution in [2.24, 2.45) is 0 Å². The first kappa shape index (κ1) is 37.9. The van der Waals surface area contributed by atoms with E-state index in [1.54, 1.807) is 0 Å². The molecule has 0 spiro atoms. The van der Waals surface area contributed by atoms with Crippen LogP contribution in [-0.4, -0.2) is 161 Å². The highest BCUT2D eigenvalue weighted by Gasteiger charge is 2.50. The standard InChI is InChI=1S/C32H38O20/c1-9-19(38)24(43)29(52-30-25(44)20(39)15(37)7-46-30)32(48-9)47-8-17-21(40)23(42)26(45)31(50-17)51-28-22(41)18-14(36)5-11(33)6-16(18)49-27(28)10-2-3-12(34)13(35)4-10/h2-6,9,15,17,19-21,23-26,29-40,42-45H,7-8H2,1H3/t9-,15-,17+,19-,20+,21-,23+,24+,25+,26+,29+,30+,31+,32+/m0/s1. The summed E-state index contributed by atoms with van der Waals surface area (Å²) in [5, 5.41) is 124. The van der Waals surface area contributed by atoms with Gasteiger partial charge in [0.15, 0.2) is 29.8 Å². The third kappa shape index (κ3) is 7.09. The van der Waals surface area contributed by atoms with Gasteiger partial charge in [0.1, 0.15) is 83.5 Å². The van der Waals surface area contributed by atoms with E-state index in [9.17, 15) is 66.1 Å². The van der Waals surface area contributed by atoms with E-state index >= 15 is 0 Å². The second kappa shape index (κ2) is 14.9. The molecule has 52 heavy (non-hydrogen) atoms. The second-order valence-electron chi connectivity index (χ2n) is 12.6. The van der Waals surface area contributed by atoms with E-state index in [2.05, 4.69) is 0 Å². The number of hydrogen-bond acceptors (Lipinski definition) is 20. The van der Waals surface area contributed by atoms with Gasteiger partial charge in [-0.25, -0.2) is 0 Å². The monoisotopic (exact) mass is 742 g/mol. The summed E-state index contributed by atoms with van der Waals surface area (Å²) < 4.78 is 39.5. The minimum absolute atomic E-state index is 0.0673. The molecule has 20 nitrogen and oxygen atoms in total. The lowest BCUT2D eigenvalue weighted by Gasteiger charge is -2.45. The number of ether oxygens (including phenoxy) is 6. The summed E-state index contributed by atoms with van der Waals surface area (Å²) >= 11 is 0. The Balaban J connectivity index is 1.27. The Hall–Kier alpha value is -3.87. The van der Waals surface area contributed by atoms with Crippen LogP contribution in [-0.2, 0) is 23.7 Å². The van der Waals surface area contributed by atoms with Gasteiger partial charge in [0.05, 0.1) is 19.3 Å². The third-order valence-electron chi connectivity index (χ3n) is 9.01. The Kier molecular flexibility index (Phi) is 10.8. The molecule has 4 heterocycles. The van der Waals surface area contributed by atoms with Crippen LogP contribution in [0.15, 0.2) is 39.5 Å². The number of rotatable bonds is 8. The highest BCUT2D eigenvalue weighted by molar-refractivity contribution is 5.88. The zero-order chi connectivity index (χ0) is 37.8. The molecule has 2 aromatic carbocycles. The molecule has 0 bridgehead atoms. The summed E-state index contributed by atoms with van der Waals surface area (Å²) in [6.45, 7) is 0.238. The Morgan fingerprint density at radius 3 is 2.15 bits per heavy atom. The van der Waals surface area contributed by atoms with Crippen LogP contribution in [0.1, 0.15) is 6.92 Å². The summed E-state index contributed by atoms with van der Waals surface area (Å²) in [4.78, 5) is 13.8. The van der Waals surface area contributed by atoms with Gasteiger partial charge in [0, 0.05) is 17.7 Å². The first-order valence-electron chi connectivity index (χ1n) is 15.9. The van der Waals surface area contributed by atoms with Crippen molar-refractivity contribution in [3.8, 4) is 40.1 Å². The molecule has 20 heteroatoms. The molecule has 3 fully saturated rings. The first-order valence-corrected chi connectivity index (χ1v) is 15.9. The maximum atomic E-state index is 13.8. The molecule has 0 aliphatic carbocycles. The van der Waals surface area contributed by atoms with E-state index in [0.29, 0.717) is 0 Å². The summed E-state index contributed by atoms with van der Waals surface area (Å²) in [6, 6.07) is 5.14. The number of phenolic OH excluding ortho intramolecular Hbond substituents is 4. The summed E-state index contributed by atoms with van der Waals surface area (Å²) in [6.07, 6.45) is -23.5. The van der Waals surface area contributed by atoms with Crippen molar-refractivity contribution < 1.29 is 94.1 Å². The molecule has 3 aliphatic heterocycles. The fourth-order valence-electron chi connectivity index (χ4n) is 6.02. The Bertz CT molecular complexity index is 1800. The SMILES string of the molecule is C[C@@H]1O[C@@H](OC[C@H]2O[C@H](Oc3c(-c4ccc(O)c(O)c4)oc4cc(O)cc(O)c4c3=O)[C@H](O)[C@H](O)[C@H]2O)[C@H](O[C@H]2OC[C@H](O)[C@@H](O)[C@H]2O)[C@H](O)[C@H]1O. The van der Waals surface area contributed by atoms with E-state index in [4.69, 9.17) is 32.8 Å². The second-order valence-corrected chi connectivity index (χ2v) is 12.6. The number of aliphatic hydroxyl groups is 8. The normalized spacial score (nSPS) is 36.9. The molecule has 6 rings (SSSR count). The molecule has 12 N–H and O–H groups in total. The molecule has 3 saturated heterocycles. The molecular weight excluding hydrogens is 704 g/mol. The fraction of sp³-hybridized carbons (Fsp3) is 0.531. The summed E-state index contributed by atoms with van der Waals surface area (Å²) in [5.41, 5.74) is -1.46. The van der Waals surface area contributed by atoms with Crippen LogP contribution >= 0.6 is 0 Å². The van der Waals surface area contributed by atoms with Crippen LogP contribution in [0.3, 0.4) is 0 Å². The Labute approximate surface area is 292 Å². The minimum Gasteiger partial charge on any atom is -0.508 e. The first-order chi connectivity index (χ1) is 24.6. The quantitative estimate of drug-likeness (QED) is 0.101. The van der Waals surface area contributed by atoms with Crippen molar-refractivity contribution in [1.29, 1.82) is 0 Å². The molecular formula is C32H38O20. The number of benzene rings is 2. The van der Waals surface area contributed by atoms with Gasteiger partial charge in [-0.1, -0.05) is 0 Å². The van der Waals surface area contributed by atoms with Gasteiger partial charge in [-0.05, 0) is 25.1 Å². The van der Waals surface area contributed by atoms with Crippen molar-refractivity contribution in [3.63, 3.8) is 0 Å². The predicted octanol–water partition coefficient (Wildman–Crippen LogP) is -3.22. The van der Waals surface area contributed by atoms with Crippen LogP contribution < -0.4 is 10.2 Å². The smallest absolute Gasteiger partial charge is 0.239 e. The van der Waals surface area contributed by atoms with Crippen LogP contribution in [0.4, 0.5) is 0 Å². The topological polar surface area (TPSA) is 328 Å². The lowest BCUT2D eigenvalue weighted by molar-refractivity contribution is -0.359. The minimum atomic E-state index is -2.04. The largest absolute Gasteiger partial charge is 0.508 e. The van der Waals surface area contributed by atoms with E-state index < -0.39 is 145 Å². The van der Waals surface area contributed by atoms with Crippen LogP contribution in [0.25, 0.3) is 22.3 Å². The summed E-state index contributed by atoms with van der Waals surface area (Å²) in [5.74, 6) is -3.53. The van der Waals surface area contributed by atoms with Crippen molar-refractivity contribution in [2.75, 3.05) is 13.2 Å². The predicted molar refractivity (Wildman–Crippen MR) is 167 cm³/mol. The number of aromatic hydroxyl groups is 4. The van der Waals surface area contributed by atoms with E-state index in [1.165, 1.54) is 13.0 Å². The average molecular weight is 743 g/mol. The highest BCUT2D eigenvalue weighted by Crippen LogP contribution is 2.39. The van der Waals surface area contributed by atoms with E-state index in [-0.39, 0.29) is 11.1 Å². The fourth-order valence-corrected chi connectivity index (χ4v) is 6.02. The lowest BCUT2D eigenvalue weighted by atomic mass is 9.98. The van der Waals surface area contributed by atoms with E-state index in [0.717, 1.165) is 24.3 Å². The molecule has 14 atom stereocenters. The molecule has 3 aromatic rings.